The number of unbranched alkanes of at least 4 members (excludes halogenated alkanes) is 2. The fourth-order valence-electron chi connectivity index (χ4n) is 7.33. The summed E-state index contributed by atoms with van der Waals surface area (Å²) in [7, 11) is 0. The summed E-state index contributed by atoms with van der Waals surface area (Å²) in [6.07, 6.45) is 20.0. The van der Waals surface area contributed by atoms with E-state index in [0.717, 1.165) is 68.8 Å². The molecule has 3 aliphatic rings. The van der Waals surface area contributed by atoms with E-state index < -0.39 is 0 Å². The lowest BCUT2D eigenvalue weighted by molar-refractivity contribution is 0.127. The summed E-state index contributed by atoms with van der Waals surface area (Å²) < 4.78 is 24.7. The maximum atomic E-state index is 12.4. The van der Waals surface area contributed by atoms with E-state index in [9.17, 15) is 9.50 Å². The number of fused-ring (bicyclic) bond motifs is 1. The normalized spacial score (nSPS) is 24.1. The summed E-state index contributed by atoms with van der Waals surface area (Å²) >= 11 is 0. The van der Waals surface area contributed by atoms with Crippen LogP contribution in [0.1, 0.15) is 101 Å². The first-order valence-electron chi connectivity index (χ1n) is 16.5. The lowest BCUT2D eigenvalue weighted by atomic mass is 9.76. The molecule has 2 atom stereocenters. The average molecular weight is 573 g/mol. The molecule has 0 aliphatic heterocycles. The van der Waals surface area contributed by atoms with E-state index >= 15 is 0 Å². The molecule has 1 N–H and O–H groups in total. The molecule has 226 valence electrons. The van der Waals surface area contributed by atoms with Crippen molar-refractivity contribution in [2.45, 2.75) is 97.0 Å². The topological polar surface area (TPSA) is 38.7 Å². The molecule has 1 saturated carbocycles. The van der Waals surface area contributed by atoms with Crippen LogP contribution in [0.3, 0.4) is 0 Å². The average Bonchev–Trinajstić information content (AvgIpc) is 3.20. The highest BCUT2D eigenvalue weighted by Crippen LogP contribution is 2.44. The Kier molecular flexibility index (Phi) is 10.8. The second-order valence-electron chi connectivity index (χ2n) is 12.4. The number of benzene rings is 2. The number of rotatable bonds is 12. The smallest absolute Gasteiger partial charge is 0.119 e. The highest BCUT2D eigenvalue weighted by molar-refractivity contribution is 5.85. The monoisotopic (exact) mass is 572 g/mol. The molecule has 2 aromatic rings. The second kappa shape index (κ2) is 14.9. The van der Waals surface area contributed by atoms with Crippen molar-refractivity contribution in [3.8, 4) is 11.5 Å². The molecular weight excluding hydrogens is 523 g/mol. The van der Waals surface area contributed by atoms with Crippen LogP contribution in [0.15, 0.2) is 72.0 Å². The van der Waals surface area contributed by atoms with E-state index in [1.54, 1.807) is 0 Å². The molecule has 0 heterocycles. The number of ether oxygens (including phenoxy) is 2. The summed E-state index contributed by atoms with van der Waals surface area (Å²) in [6.45, 7) is 4.81. The van der Waals surface area contributed by atoms with Gasteiger partial charge in [-0.25, -0.2) is 0 Å². The van der Waals surface area contributed by atoms with Gasteiger partial charge in [-0.15, -0.1) is 0 Å². The standard InChI is InChI=1S/C38H49FO3/c1-3-28-26-34(41-4-2)21-23-35(28)37-11-8-10-30-25-31(40)16-22-36(30)38(37)29-14-19-33(20-15-29)42-32-17-12-27(13-18-32)9-6-5-7-24-39/h14-16,19-23,25-28,32,35,40H,3-13,17-18,24H2,1-2H3. The van der Waals surface area contributed by atoms with Crippen LogP contribution in [0, 0.1) is 17.8 Å². The molecular formula is C38H49FO3. The maximum absolute atomic E-state index is 12.4. The first kappa shape index (κ1) is 30.4. The van der Waals surface area contributed by atoms with Crippen molar-refractivity contribution in [1.29, 1.82) is 0 Å². The molecule has 0 aromatic heterocycles. The predicted octanol–water partition coefficient (Wildman–Crippen LogP) is 10.1. The van der Waals surface area contributed by atoms with Crippen LogP contribution < -0.4 is 4.74 Å². The van der Waals surface area contributed by atoms with Crippen LogP contribution in [0.2, 0.25) is 0 Å². The Morgan fingerprint density at radius 3 is 2.48 bits per heavy atom. The third kappa shape index (κ3) is 7.49. The minimum absolute atomic E-state index is 0.183. The van der Waals surface area contributed by atoms with Gasteiger partial charge < -0.3 is 14.6 Å². The second-order valence-corrected chi connectivity index (χ2v) is 12.4. The van der Waals surface area contributed by atoms with Gasteiger partial charge in [-0.3, -0.25) is 4.39 Å². The van der Waals surface area contributed by atoms with Gasteiger partial charge in [0.25, 0.3) is 0 Å². The van der Waals surface area contributed by atoms with Gasteiger partial charge in [0.15, 0.2) is 0 Å². The quantitative estimate of drug-likeness (QED) is 0.257. The van der Waals surface area contributed by atoms with Gasteiger partial charge in [0.05, 0.1) is 19.4 Å². The summed E-state index contributed by atoms with van der Waals surface area (Å²) in [5, 5.41) is 10.3. The van der Waals surface area contributed by atoms with E-state index in [2.05, 4.69) is 55.5 Å². The molecule has 2 unspecified atom stereocenters. The van der Waals surface area contributed by atoms with Gasteiger partial charge in [-0.05, 0) is 135 Å². The first-order valence-corrected chi connectivity index (χ1v) is 16.5. The third-order valence-corrected chi connectivity index (χ3v) is 9.55. The molecule has 0 saturated heterocycles. The van der Waals surface area contributed by atoms with E-state index in [-0.39, 0.29) is 12.8 Å². The predicted molar refractivity (Wildman–Crippen MR) is 170 cm³/mol. The minimum atomic E-state index is -0.183. The molecule has 3 aliphatic carbocycles. The number of phenols is 1. The number of hydrogen-bond acceptors (Lipinski definition) is 3. The number of halogens is 1. The van der Waals surface area contributed by atoms with Gasteiger partial charge in [0.2, 0.25) is 0 Å². The van der Waals surface area contributed by atoms with E-state index in [4.69, 9.17) is 9.47 Å². The summed E-state index contributed by atoms with van der Waals surface area (Å²) in [5.41, 5.74) is 6.46. The molecule has 3 nitrogen and oxygen atoms in total. The molecule has 5 rings (SSSR count). The minimum Gasteiger partial charge on any atom is -0.508 e. The first-order chi connectivity index (χ1) is 20.6. The van der Waals surface area contributed by atoms with Crippen LogP contribution in [-0.4, -0.2) is 24.5 Å². The number of hydrogen-bond donors (Lipinski definition) is 1. The molecule has 4 heteroatoms. The van der Waals surface area contributed by atoms with Crippen molar-refractivity contribution in [2.75, 3.05) is 13.3 Å². The maximum Gasteiger partial charge on any atom is 0.119 e. The Balaban J connectivity index is 1.36. The van der Waals surface area contributed by atoms with Gasteiger partial charge in [-0.2, -0.15) is 0 Å². The molecule has 42 heavy (non-hydrogen) atoms. The Labute approximate surface area is 252 Å². The molecule has 1 fully saturated rings. The van der Waals surface area contributed by atoms with Crippen LogP contribution in [0.5, 0.6) is 11.5 Å². The van der Waals surface area contributed by atoms with E-state index in [0.29, 0.717) is 30.6 Å². The number of alkyl halides is 1. The van der Waals surface area contributed by atoms with Gasteiger partial charge in [-0.1, -0.05) is 56.0 Å². The van der Waals surface area contributed by atoms with Crippen molar-refractivity contribution in [1.82, 2.24) is 0 Å². The largest absolute Gasteiger partial charge is 0.508 e. The van der Waals surface area contributed by atoms with Gasteiger partial charge in [0.1, 0.15) is 17.3 Å². The highest BCUT2D eigenvalue weighted by Gasteiger charge is 2.29. The van der Waals surface area contributed by atoms with Crippen LogP contribution in [0.4, 0.5) is 4.39 Å². The SMILES string of the molecule is CCOC1=CC(CC)C(C2=C(c3ccc(OC4CCC(CCCCCF)CC4)cc3)c3ccc(O)cc3CCC2)C=C1. The number of allylic oxidation sites excluding steroid dienone is 4. The number of aryl methyl sites for hydroxylation is 1. The van der Waals surface area contributed by atoms with E-state index in [1.165, 1.54) is 47.1 Å². The number of aromatic hydroxyl groups is 1. The molecule has 0 bridgehead atoms. The zero-order valence-electron chi connectivity index (χ0n) is 25.6. The summed E-state index contributed by atoms with van der Waals surface area (Å²) in [6, 6.07) is 14.7. The van der Waals surface area contributed by atoms with Crippen molar-refractivity contribution in [3.63, 3.8) is 0 Å². The highest BCUT2D eigenvalue weighted by atomic mass is 19.1. The Bertz CT molecular complexity index is 1250. The summed E-state index contributed by atoms with van der Waals surface area (Å²) in [5.74, 6) is 3.74. The zero-order valence-corrected chi connectivity index (χ0v) is 25.6. The number of phenolic OH excluding ortho intramolecular Hbond substituents is 1. The van der Waals surface area contributed by atoms with E-state index in [1.807, 2.05) is 19.1 Å². The lowest BCUT2D eigenvalue weighted by Crippen LogP contribution is -2.24. The van der Waals surface area contributed by atoms with Crippen LogP contribution >= 0.6 is 0 Å². The summed E-state index contributed by atoms with van der Waals surface area (Å²) in [4.78, 5) is 0. The van der Waals surface area contributed by atoms with Gasteiger partial charge in [0, 0.05) is 5.92 Å². The molecule has 0 amide bonds. The molecule has 0 radical (unpaired) electrons. The van der Waals surface area contributed by atoms with Crippen molar-refractivity contribution < 1.29 is 19.0 Å². The third-order valence-electron chi connectivity index (χ3n) is 9.55. The fourth-order valence-corrected chi connectivity index (χ4v) is 7.33. The van der Waals surface area contributed by atoms with Crippen molar-refractivity contribution in [2.24, 2.45) is 17.8 Å². The zero-order chi connectivity index (χ0) is 29.3. The Hall–Kier alpha value is -3.01. The lowest BCUT2D eigenvalue weighted by Gasteiger charge is -2.30. The van der Waals surface area contributed by atoms with Crippen molar-refractivity contribution in [3.05, 3.63) is 88.7 Å². The van der Waals surface area contributed by atoms with Crippen LogP contribution in [-0.2, 0) is 11.2 Å². The fraction of sp³-hybridized carbons (Fsp3) is 0.526. The van der Waals surface area contributed by atoms with Crippen LogP contribution in [0.25, 0.3) is 5.57 Å². The Morgan fingerprint density at radius 1 is 0.929 bits per heavy atom. The molecule has 2 aromatic carbocycles. The Morgan fingerprint density at radius 2 is 1.74 bits per heavy atom. The van der Waals surface area contributed by atoms with Crippen molar-refractivity contribution >= 4 is 5.57 Å². The van der Waals surface area contributed by atoms with Gasteiger partial charge >= 0.3 is 0 Å². The molecule has 0 spiro atoms.